The molecule has 4 rings (SSSR count). The van der Waals surface area contributed by atoms with Crippen molar-refractivity contribution in [3.05, 3.63) is 34.5 Å². The van der Waals surface area contributed by atoms with Gasteiger partial charge in [0.05, 0.1) is 11.0 Å². The average molecular weight is 193 g/mol. The Morgan fingerprint density at radius 2 is 2.20 bits per heavy atom. The number of fused-ring (bicyclic) bond motifs is 5. The zero-order valence-corrected chi connectivity index (χ0v) is 7.94. The number of hydrogen-bond acceptors (Lipinski definition) is 3. The minimum absolute atomic E-state index is 0.975. The Hall–Kier alpha value is -2.03. The van der Waals surface area contributed by atoms with Crippen molar-refractivity contribution in [2.45, 2.75) is 6.42 Å². The SMILES string of the molecule is C1=NC=C2CC1=c1cc3c(cc12)=NC=N3. The lowest BCUT2D eigenvalue weighted by Gasteiger charge is -2.00. The molecule has 0 saturated heterocycles. The Balaban J connectivity index is 2.22. The molecule has 0 radical (unpaired) electrons. The van der Waals surface area contributed by atoms with Gasteiger partial charge in [-0.2, -0.15) is 0 Å². The predicted octanol–water partition coefficient (Wildman–Crippen LogP) is 0.959. The summed E-state index contributed by atoms with van der Waals surface area (Å²) >= 11 is 0. The van der Waals surface area contributed by atoms with Crippen molar-refractivity contribution in [2.75, 3.05) is 0 Å². The minimum Gasteiger partial charge on any atom is -0.264 e. The zero-order chi connectivity index (χ0) is 9.83. The van der Waals surface area contributed by atoms with Crippen LogP contribution in [0.4, 0.5) is 5.69 Å². The molecule has 1 aliphatic carbocycles. The molecule has 1 aromatic carbocycles. The number of nitrogens with zero attached hydrogens (tertiary/aromatic N) is 3. The lowest BCUT2D eigenvalue weighted by molar-refractivity contribution is 1.39. The van der Waals surface area contributed by atoms with Crippen LogP contribution in [0.1, 0.15) is 12.0 Å². The van der Waals surface area contributed by atoms with Gasteiger partial charge in [0.2, 0.25) is 0 Å². The summed E-state index contributed by atoms with van der Waals surface area (Å²) in [6, 6.07) is 4.23. The minimum atomic E-state index is 0.975. The third-order valence-corrected chi connectivity index (χ3v) is 3.04. The highest BCUT2D eigenvalue weighted by Crippen LogP contribution is 2.28. The number of rotatable bonds is 0. The molecule has 0 unspecified atom stereocenters. The standard InChI is InChI=1S/C12H7N3/c1-7-4-13-5-8(1)10-3-12-11(2-9(7)10)14-6-15-12/h2-6H,1H2. The van der Waals surface area contributed by atoms with Crippen molar-refractivity contribution in [3.8, 4) is 0 Å². The fourth-order valence-electron chi connectivity index (χ4n) is 2.31. The van der Waals surface area contributed by atoms with Crippen molar-refractivity contribution in [3.63, 3.8) is 0 Å². The molecule has 15 heavy (non-hydrogen) atoms. The van der Waals surface area contributed by atoms with Crippen LogP contribution in [-0.4, -0.2) is 12.6 Å². The first kappa shape index (κ1) is 7.29. The highest BCUT2D eigenvalue weighted by molar-refractivity contribution is 6.11. The van der Waals surface area contributed by atoms with E-state index in [-0.39, 0.29) is 0 Å². The quantitative estimate of drug-likeness (QED) is 0.588. The summed E-state index contributed by atoms with van der Waals surface area (Å²) in [6.07, 6.45) is 6.50. The van der Waals surface area contributed by atoms with E-state index >= 15 is 0 Å². The molecule has 2 heterocycles. The molecular weight excluding hydrogens is 186 g/mol. The van der Waals surface area contributed by atoms with Crippen LogP contribution in [0.5, 0.6) is 0 Å². The molecule has 0 atom stereocenters. The summed E-state index contributed by atoms with van der Waals surface area (Å²) in [6.45, 7) is 0. The molecule has 0 saturated carbocycles. The molecule has 3 heteroatoms. The van der Waals surface area contributed by atoms with Crippen LogP contribution >= 0.6 is 0 Å². The van der Waals surface area contributed by atoms with E-state index in [9.17, 15) is 0 Å². The van der Waals surface area contributed by atoms with E-state index in [0.29, 0.717) is 0 Å². The van der Waals surface area contributed by atoms with Gasteiger partial charge in [0.1, 0.15) is 6.34 Å². The maximum atomic E-state index is 4.23. The summed E-state index contributed by atoms with van der Waals surface area (Å²) in [4.78, 5) is 12.7. The molecule has 2 bridgehead atoms. The van der Waals surface area contributed by atoms with Gasteiger partial charge in [0.25, 0.3) is 0 Å². The van der Waals surface area contributed by atoms with Crippen LogP contribution in [0.25, 0.3) is 11.1 Å². The van der Waals surface area contributed by atoms with Crippen molar-refractivity contribution < 1.29 is 0 Å². The maximum Gasteiger partial charge on any atom is 0.116 e. The number of aliphatic imine (C=N–C) groups is 2. The summed E-state index contributed by atoms with van der Waals surface area (Å²) in [7, 11) is 0. The zero-order valence-electron chi connectivity index (χ0n) is 7.94. The molecule has 1 aromatic rings. The first-order chi connectivity index (χ1) is 7.42. The van der Waals surface area contributed by atoms with Gasteiger partial charge in [-0.05, 0) is 34.1 Å². The van der Waals surface area contributed by atoms with Crippen LogP contribution in [-0.2, 0) is 0 Å². The van der Waals surface area contributed by atoms with Crippen LogP contribution in [0.2, 0.25) is 0 Å². The van der Waals surface area contributed by atoms with Gasteiger partial charge in [-0.15, -0.1) is 0 Å². The highest BCUT2D eigenvalue weighted by Gasteiger charge is 2.19. The van der Waals surface area contributed by atoms with E-state index in [1.165, 1.54) is 21.9 Å². The summed E-state index contributed by atoms with van der Waals surface area (Å²) in [5.74, 6) is 0. The van der Waals surface area contributed by atoms with E-state index in [2.05, 4.69) is 27.1 Å². The Labute approximate surface area is 85.9 Å². The van der Waals surface area contributed by atoms with Gasteiger partial charge in [-0.25, -0.2) is 9.98 Å². The van der Waals surface area contributed by atoms with Crippen molar-refractivity contribution in [1.82, 2.24) is 0 Å². The van der Waals surface area contributed by atoms with Crippen LogP contribution in [0.15, 0.2) is 33.3 Å². The highest BCUT2D eigenvalue weighted by atomic mass is 14.9. The van der Waals surface area contributed by atoms with E-state index < -0.39 is 0 Å². The fourth-order valence-corrected chi connectivity index (χ4v) is 2.31. The maximum absolute atomic E-state index is 4.23. The first-order valence-electron chi connectivity index (χ1n) is 4.92. The largest absolute Gasteiger partial charge is 0.264 e. The molecule has 0 N–H and O–H groups in total. The van der Waals surface area contributed by atoms with Gasteiger partial charge in [0.15, 0.2) is 0 Å². The van der Waals surface area contributed by atoms with Gasteiger partial charge in [-0.1, -0.05) is 0 Å². The lowest BCUT2D eigenvalue weighted by Crippen LogP contribution is -2.12. The van der Waals surface area contributed by atoms with E-state index in [1.54, 1.807) is 6.34 Å². The Morgan fingerprint density at radius 3 is 3.20 bits per heavy atom. The first-order valence-corrected chi connectivity index (χ1v) is 4.92. The second-order valence-corrected chi connectivity index (χ2v) is 3.89. The molecule has 0 spiro atoms. The topological polar surface area (TPSA) is 37.1 Å². The lowest BCUT2D eigenvalue weighted by atomic mass is 10.1. The second kappa shape index (κ2) is 2.31. The smallest absolute Gasteiger partial charge is 0.116 e. The fraction of sp³-hybridized carbons (Fsp3) is 0.0833. The summed E-state index contributed by atoms with van der Waals surface area (Å²) in [5, 5.41) is 2.25. The third-order valence-electron chi connectivity index (χ3n) is 3.04. The van der Waals surface area contributed by atoms with Crippen molar-refractivity contribution >= 4 is 29.4 Å². The van der Waals surface area contributed by atoms with Crippen LogP contribution < -0.4 is 10.6 Å². The van der Waals surface area contributed by atoms with Crippen molar-refractivity contribution in [2.24, 2.45) is 15.0 Å². The molecule has 3 aliphatic rings. The van der Waals surface area contributed by atoms with Crippen molar-refractivity contribution in [1.29, 1.82) is 0 Å². The Morgan fingerprint density at radius 1 is 1.20 bits per heavy atom. The second-order valence-electron chi connectivity index (χ2n) is 3.89. The number of allylic oxidation sites excluding steroid dienone is 1. The summed E-state index contributed by atoms with van der Waals surface area (Å²) < 4.78 is 0. The molecular formula is C12H7N3. The van der Waals surface area contributed by atoms with Gasteiger partial charge >= 0.3 is 0 Å². The van der Waals surface area contributed by atoms with Gasteiger partial charge in [-0.3, -0.25) is 4.99 Å². The van der Waals surface area contributed by atoms with Crippen LogP contribution in [0.3, 0.4) is 0 Å². The number of hydrogen-bond donors (Lipinski definition) is 0. The summed E-state index contributed by atoms with van der Waals surface area (Å²) in [5.41, 5.74) is 4.85. The normalized spacial score (nSPS) is 18.7. The molecule has 0 aromatic heterocycles. The number of benzene rings is 1. The van der Waals surface area contributed by atoms with Gasteiger partial charge in [0, 0.05) is 18.8 Å². The van der Waals surface area contributed by atoms with E-state index in [1.807, 2.05) is 12.4 Å². The Kier molecular flexibility index (Phi) is 1.12. The molecule has 0 fully saturated rings. The van der Waals surface area contributed by atoms with Gasteiger partial charge < -0.3 is 0 Å². The molecule has 70 valence electrons. The molecule has 0 amide bonds. The average Bonchev–Trinajstić information content (AvgIpc) is 2.82. The van der Waals surface area contributed by atoms with E-state index in [4.69, 9.17) is 0 Å². The third kappa shape index (κ3) is 0.825. The van der Waals surface area contributed by atoms with Crippen LogP contribution in [0, 0.1) is 0 Å². The van der Waals surface area contributed by atoms with E-state index in [0.717, 1.165) is 17.5 Å². The molecule has 3 nitrogen and oxygen atoms in total. The molecule has 2 aliphatic heterocycles. The monoisotopic (exact) mass is 193 g/mol. The predicted molar refractivity (Wildman–Crippen MR) is 59.9 cm³/mol. The Bertz CT molecular complexity index is 690.